The Morgan fingerprint density at radius 1 is 1.39 bits per heavy atom. The molecular weight excluding hydrogens is 377 g/mol. The predicted octanol–water partition coefficient (Wildman–Crippen LogP) is 3.10. The predicted molar refractivity (Wildman–Crippen MR) is 91.6 cm³/mol. The van der Waals surface area contributed by atoms with E-state index >= 15 is 0 Å². The number of rotatable bonds is 5. The Morgan fingerprint density at radius 3 is 2.86 bits per heavy atom. The highest BCUT2D eigenvalue weighted by Gasteiger charge is 2.33. The number of ether oxygens (including phenoxy) is 1. The normalized spacial score (nSPS) is 17.6. The first-order chi connectivity index (χ1) is 13.2. The van der Waals surface area contributed by atoms with E-state index < -0.39 is 18.0 Å². The lowest BCUT2D eigenvalue weighted by Gasteiger charge is -2.32. The van der Waals surface area contributed by atoms with Crippen LogP contribution in [0.2, 0.25) is 0 Å². The molecule has 3 heterocycles. The Labute approximate surface area is 159 Å². The monoisotopic (exact) mass is 398 g/mol. The maximum atomic E-state index is 12.8. The van der Waals surface area contributed by atoms with E-state index in [0.717, 1.165) is 23.5 Å². The molecule has 10 heteroatoms. The second kappa shape index (κ2) is 8.15. The molecule has 1 saturated heterocycles. The van der Waals surface area contributed by atoms with E-state index in [2.05, 4.69) is 15.1 Å². The molecule has 0 N–H and O–H groups in total. The van der Waals surface area contributed by atoms with Crippen molar-refractivity contribution in [3.8, 4) is 6.01 Å². The van der Waals surface area contributed by atoms with Gasteiger partial charge in [0.15, 0.2) is 5.69 Å². The summed E-state index contributed by atoms with van der Waals surface area (Å²) in [6, 6.07) is 0.461. The first-order valence-electron chi connectivity index (χ1n) is 9.00. The Kier molecular flexibility index (Phi) is 5.85. The van der Waals surface area contributed by atoms with Crippen molar-refractivity contribution in [1.29, 1.82) is 0 Å². The largest absolute Gasteiger partial charge is 0.458 e. The van der Waals surface area contributed by atoms with Crippen LogP contribution in [0.25, 0.3) is 0 Å². The second-order valence-electron chi connectivity index (χ2n) is 6.75. The van der Waals surface area contributed by atoms with Crippen LogP contribution in [0.5, 0.6) is 6.01 Å². The molecule has 1 aliphatic rings. The van der Waals surface area contributed by atoms with Gasteiger partial charge in [-0.1, -0.05) is 5.16 Å². The molecule has 152 valence electrons. The van der Waals surface area contributed by atoms with E-state index in [1.807, 2.05) is 6.92 Å². The highest BCUT2D eigenvalue weighted by Crippen LogP contribution is 2.28. The Bertz CT molecular complexity index is 818. The van der Waals surface area contributed by atoms with E-state index in [4.69, 9.17) is 9.26 Å². The fraction of sp³-hybridized carbons (Fsp3) is 0.556. The average molecular weight is 398 g/mol. The lowest BCUT2D eigenvalue weighted by Crippen LogP contribution is -2.44. The van der Waals surface area contributed by atoms with Crippen molar-refractivity contribution in [3.63, 3.8) is 0 Å². The summed E-state index contributed by atoms with van der Waals surface area (Å²) in [4.78, 5) is 21.4. The molecule has 28 heavy (non-hydrogen) atoms. The zero-order chi connectivity index (χ0) is 20.3. The number of likely N-dealkylation sites (tertiary alicyclic amines) is 1. The smallest absolute Gasteiger partial charge is 0.433 e. The number of aryl methyl sites for hydroxylation is 2. The van der Waals surface area contributed by atoms with Gasteiger partial charge in [0.1, 0.15) is 11.9 Å². The van der Waals surface area contributed by atoms with Crippen molar-refractivity contribution < 1.29 is 27.2 Å². The van der Waals surface area contributed by atoms with Gasteiger partial charge < -0.3 is 14.2 Å². The molecule has 0 spiro atoms. The lowest BCUT2D eigenvalue weighted by atomic mass is 10.1. The summed E-state index contributed by atoms with van der Waals surface area (Å²) in [5.41, 5.74) is 0.642. The van der Waals surface area contributed by atoms with Crippen LogP contribution in [0.1, 0.15) is 42.0 Å². The molecule has 0 aliphatic carbocycles. The van der Waals surface area contributed by atoms with Crippen LogP contribution in [0.15, 0.2) is 16.8 Å². The summed E-state index contributed by atoms with van der Waals surface area (Å²) in [5, 5.41) is 3.88. The van der Waals surface area contributed by atoms with Crippen LogP contribution in [0.4, 0.5) is 13.2 Å². The molecule has 2 aromatic rings. The highest BCUT2D eigenvalue weighted by atomic mass is 19.4. The van der Waals surface area contributed by atoms with Crippen molar-refractivity contribution in [2.75, 3.05) is 13.1 Å². The first-order valence-corrected chi connectivity index (χ1v) is 9.00. The van der Waals surface area contributed by atoms with Crippen molar-refractivity contribution >= 4 is 5.91 Å². The van der Waals surface area contributed by atoms with Crippen molar-refractivity contribution in [3.05, 3.63) is 35.0 Å². The van der Waals surface area contributed by atoms with Crippen molar-refractivity contribution in [1.82, 2.24) is 20.0 Å². The average Bonchev–Trinajstić information content (AvgIpc) is 2.97. The third kappa shape index (κ3) is 4.79. The number of aromatic nitrogens is 3. The standard InChI is InChI=1S/C18H21F3N4O3/c1-11-14(12(2)28-24-11)5-6-16(26)25-9-3-4-13(10-25)27-17-22-8-7-15(23-17)18(19,20)21/h7-8,13H,3-6,9-10H2,1-2H3. The number of piperidine rings is 1. The van der Waals surface area contributed by atoms with Crippen LogP contribution in [-0.2, 0) is 17.4 Å². The van der Waals surface area contributed by atoms with Crippen LogP contribution < -0.4 is 4.74 Å². The molecule has 1 amide bonds. The number of amides is 1. The molecule has 1 fully saturated rings. The molecule has 0 saturated carbocycles. The van der Waals surface area contributed by atoms with E-state index in [-0.39, 0.29) is 11.9 Å². The van der Waals surface area contributed by atoms with Crippen molar-refractivity contribution in [2.24, 2.45) is 0 Å². The molecule has 1 atom stereocenters. The molecule has 2 aromatic heterocycles. The third-order valence-corrected chi connectivity index (χ3v) is 4.70. The molecular formula is C18H21F3N4O3. The van der Waals surface area contributed by atoms with Gasteiger partial charge in [0, 0.05) is 24.7 Å². The summed E-state index contributed by atoms with van der Waals surface area (Å²) >= 11 is 0. The highest BCUT2D eigenvalue weighted by molar-refractivity contribution is 5.76. The van der Waals surface area contributed by atoms with Crippen LogP contribution in [0, 0.1) is 13.8 Å². The molecule has 0 aromatic carbocycles. The molecule has 1 aliphatic heterocycles. The zero-order valence-corrected chi connectivity index (χ0v) is 15.6. The Balaban J connectivity index is 1.57. The van der Waals surface area contributed by atoms with Crippen molar-refractivity contribution in [2.45, 2.75) is 51.8 Å². The fourth-order valence-electron chi connectivity index (χ4n) is 3.21. The minimum Gasteiger partial charge on any atom is -0.458 e. The number of carbonyl (C=O) groups excluding carboxylic acids is 1. The van der Waals surface area contributed by atoms with Gasteiger partial charge in [0.2, 0.25) is 5.91 Å². The quantitative estimate of drug-likeness (QED) is 0.770. The van der Waals surface area contributed by atoms with E-state index in [1.165, 1.54) is 0 Å². The summed E-state index contributed by atoms with van der Waals surface area (Å²) < 4.78 is 48.9. The van der Waals surface area contributed by atoms with Gasteiger partial charge in [-0.3, -0.25) is 4.79 Å². The molecule has 0 radical (unpaired) electrons. The SMILES string of the molecule is Cc1noc(C)c1CCC(=O)N1CCCC(Oc2nccc(C(F)(F)F)n2)C1. The maximum Gasteiger partial charge on any atom is 0.433 e. The van der Waals surface area contributed by atoms with E-state index in [9.17, 15) is 18.0 Å². The summed E-state index contributed by atoms with van der Waals surface area (Å²) in [7, 11) is 0. The number of nitrogens with zero attached hydrogens (tertiary/aromatic N) is 4. The van der Waals surface area contributed by atoms with Gasteiger partial charge in [-0.05, 0) is 39.2 Å². The van der Waals surface area contributed by atoms with E-state index in [0.29, 0.717) is 44.5 Å². The minimum absolute atomic E-state index is 0.0433. The summed E-state index contributed by atoms with van der Waals surface area (Å²) in [6.45, 7) is 4.51. The molecule has 1 unspecified atom stereocenters. The minimum atomic E-state index is -4.56. The fourth-order valence-corrected chi connectivity index (χ4v) is 3.21. The van der Waals surface area contributed by atoms with Crippen LogP contribution in [-0.4, -0.2) is 45.1 Å². The van der Waals surface area contributed by atoms with Crippen LogP contribution in [0.3, 0.4) is 0 Å². The Hall–Kier alpha value is -2.65. The van der Waals surface area contributed by atoms with Gasteiger partial charge in [-0.25, -0.2) is 4.98 Å². The lowest BCUT2D eigenvalue weighted by molar-refractivity contribution is -0.141. The van der Waals surface area contributed by atoms with Crippen LogP contribution >= 0.6 is 0 Å². The third-order valence-electron chi connectivity index (χ3n) is 4.70. The number of alkyl halides is 3. The van der Waals surface area contributed by atoms with E-state index in [1.54, 1.807) is 11.8 Å². The summed E-state index contributed by atoms with van der Waals surface area (Å²) in [5.74, 6) is 0.658. The molecule has 7 nitrogen and oxygen atoms in total. The van der Waals surface area contributed by atoms with Gasteiger partial charge >= 0.3 is 12.2 Å². The van der Waals surface area contributed by atoms with Gasteiger partial charge in [-0.15, -0.1) is 0 Å². The Morgan fingerprint density at radius 2 is 2.18 bits per heavy atom. The number of halogens is 3. The number of hydrogen-bond acceptors (Lipinski definition) is 6. The number of carbonyl (C=O) groups is 1. The first kappa shape index (κ1) is 20.1. The topological polar surface area (TPSA) is 81.4 Å². The second-order valence-corrected chi connectivity index (χ2v) is 6.75. The maximum absolute atomic E-state index is 12.8. The van der Waals surface area contributed by atoms with Gasteiger partial charge in [0.25, 0.3) is 0 Å². The molecule has 3 rings (SSSR count). The summed E-state index contributed by atoms with van der Waals surface area (Å²) in [6.07, 6.45) is -1.85. The van der Waals surface area contributed by atoms with Gasteiger partial charge in [-0.2, -0.15) is 18.2 Å². The van der Waals surface area contributed by atoms with Gasteiger partial charge in [0.05, 0.1) is 12.2 Å². The zero-order valence-electron chi connectivity index (χ0n) is 15.6. The molecule has 0 bridgehead atoms. The number of hydrogen-bond donors (Lipinski definition) is 0.